The number of nitrogens with zero attached hydrogens (tertiary/aromatic N) is 1. The van der Waals surface area contributed by atoms with Crippen LogP contribution in [0.15, 0.2) is 35.2 Å². The van der Waals surface area contributed by atoms with Crippen molar-refractivity contribution in [3.63, 3.8) is 0 Å². The third kappa shape index (κ3) is 2.93. The van der Waals surface area contributed by atoms with Gasteiger partial charge in [-0.3, -0.25) is 4.79 Å². The molecule has 1 N–H and O–H groups in total. The molecule has 1 aromatic carbocycles. The summed E-state index contributed by atoms with van der Waals surface area (Å²) in [5.41, 5.74) is 0. The molecule has 1 aromatic rings. The maximum absolute atomic E-state index is 12.4. The Hall–Kier alpha value is -1.49. The molecule has 1 amide bonds. The topological polar surface area (TPSA) is 57.6 Å². The lowest BCUT2D eigenvalue weighted by Crippen LogP contribution is -2.44. The minimum Gasteiger partial charge on any atom is -0.480 e. The molecular formula is C16H19NO3S. The fourth-order valence-electron chi connectivity index (χ4n) is 3.62. The normalized spacial score (nSPS) is 27.6. The van der Waals surface area contributed by atoms with Crippen molar-refractivity contribution < 1.29 is 14.7 Å². The Morgan fingerprint density at radius 1 is 1.24 bits per heavy atom. The number of carbonyl (C=O) groups is 2. The average molecular weight is 305 g/mol. The lowest BCUT2D eigenvalue weighted by atomic mass is 9.94. The van der Waals surface area contributed by atoms with Crippen LogP contribution in [0.3, 0.4) is 0 Å². The van der Waals surface area contributed by atoms with E-state index in [1.165, 1.54) is 11.8 Å². The van der Waals surface area contributed by atoms with Crippen molar-refractivity contribution in [1.82, 2.24) is 4.90 Å². The van der Waals surface area contributed by atoms with E-state index in [0.717, 1.165) is 24.2 Å². The van der Waals surface area contributed by atoms with Crippen molar-refractivity contribution in [3.05, 3.63) is 30.3 Å². The van der Waals surface area contributed by atoms with Gasteiger partial charge in [-0.05, 0) is 36.8 Å². The zero-order valence-corrected chi connectivity index (χ0v) is 12.6. The first kappa shape index (κ1) is 14.4. The Labute approximate surface area is 128 Å². The molecule has 3 rings (SSSR count). The van der Waals surface area contributed by atoms with E-state index in [9.17, 15) is 14.7 Å². The van der Waals surface area contributed by atoms with Gasteiger partial charge >= 0.3 is 5.97 Å². The molecule has 0 aromatic heterocycles. The summed E-state index contributed by atoms with van der Waals surface area (Å²) in [5, 5.41) is 9.46. The number of hydrogen-bond donors (Lipinski definition) is 1. The SMILES string of the molecule is O=C(O)C1C2CCCC2CN1C(=O)CSc1ccccc1. The molecule has 4 nitrogen and oxygen atoms in total. The van der Waals surface area contributed by atoms with Gasteiger partial charge in [-0.25, -0.2) is 4.79 Å². The second-order valence-electron chi connectivity index (χ2n) is 5.79. The van der Waals surface area contributed by atoms with Crippen molar-refractivity contribution in [3.8, 4) is 0 Å². The van der Waals surface area contributed by atoms with Crippen molar-refractivity contribution in [2.75, 3.05) is 12.3 Å². The number of benzene rings is 1. The number of amides is 1. The number of likely N-dealkylation sites (tertiary alicyclic amines) is 1. The van der Waals surface area contributed by atoms with Crippen molar-refractivity contribution in [1.29, 1.82) is 0 Å². The van der Waals surface area contributed by atoms with Crippen LogP contribution in [0.2, 0.25) is 0 Å². The van der Waals surface area contributed by atoms with Crippen LogP contribution in [0, 0.1) is 11.8 Å². The minimum absolute atomic E-state index is 0.0503. The smallest absolute Gasteiger partial charge is 0.326 e. The molecule has 0 radical (unpaired) electrons. The lowest BCUT2D eigenvalue weighted by Gasteiger charge is -2.24. The number of fused-ring (bicyclic) bond motifs is 1. The molecule has 1 heterocycles. The molecular weight excluding hydrogens is 286 g/mol. The molecule has 1 saturated heterocycles. The van der Waals surface area contributed by atoms with E-state index in [1.807, 2.05) is 30.3 Å². The summed E-state index contributed by atoms with van der Waals surface area (Å²) in [5.74, 6) is -0.0363. The molecule has 112 valence electrons. The predicted octanol–water partition coefficient (Wildman–Crippen LogP) is 2.49. The van der Waals surface area contributed by atoms with Crippen molar-refractivity contribution in [2.24, 2.45) is 11.8 Å². The molecule has 2 aliphatic rings. The van der Waals surface area contributed by atoms with Crippen LogP contribution in [0.4, 0.5) is 0 Å². The molecule has 3 unspecified atom stereocenters. The number of carbonyl (C=O) groups excluding carboxylic acids is 1. The first-order valence-corrected chi connectivity index (χ1v) is 8.35. The van der Waals surface area contributed by atoms with Crippen molar-refractivity contribution in [2.45, 2.75) is 30.2 Å². The number of carboxylic acids is 1. The van der Waals surface area contributed by atoms with E-state index in [4.69, 9.17) is 0 Å². The molecule has 2 fully saturated rings. The average Bonchev–Trinajstić information content (AvgIpc) is 3.05. The highest BCUT2D eigenvalue weighted by atomic mass is 32.2. The highest BCUT2D eigenvalue weighted by Gasteiger charge is 2.49. The van der Waals surface area contributed by atoms with E-state index < -0.39 is 12.0 Å². The van der Waals surface area contributed by atoms with Gasteiger partial charge in [0.2, 0.25) is 5.91 Å². The Kier molecular flexibility index (Phi) is 4.19. The molecule has 1 saturated carbocycles. The fourth-order valence-corrected chi connectivity index (χ4v) is 4.43. The molecule has 0 spiro atoms. The third-order valence-electron chi connectivity index (χ3n) is 4.57. The Morgan fingerprint density at radius 2 is 2.00 bits per heavy atom. The van der Waals surface area contributed by atoms with Gasteiger partial charge in [0, 0.05) is 11.4 Å². The van der Waals surface area contributed by atoms with Gasteiger partial charge in [0.15, 0.2) is 0 Å². The predicted molar refractivity (Wildman–Crippen MR) is 81.1 cm³/mol. The number of thioether (sulfide) groups is 1. The van der Waals surface area contributed by atoms with Crippen LogP contribution in [-0.4, -0.2) is 40.2 Å². The second-order valence-corrected chi connectivity index (χ2v) is 6.83. The monoisotopic (exact) mass is 305 g/mol. The quantitative estimate of drug-likeness (QED) is 0.868. The van der Waals surface area contributed by atoms with E-state index in [2.05, 4.69) is 0 Å². The summed E-state index contributed by atoms with van der Waals surface area (Å²) in [6.07, 6.45) is 3.10. The lowest BCUT2D eigenvalue weighted by molar-refractivity contribution is -0.148. The molecule has 5 heteroatoms. The standard InChI is InChI=1S/C16H19NO3S/c18-14(10-21-12-6-2-1-3-7-12)17-9-11-5-4-8-13(11)15(17)16(19)20/h1-3,6-7,11,13,15H,4-5,8-10H2,(H,19,20). The fraction of sp³-hybridized carbons (Fsp3) is 0.500. The number of hydrogen-bond acceptors (Lipinski definition) is 3. The van der Waals surface area contributed by atoms with Crippen molar-refractivity contribution >= 4 is 23.6 Å². The molecule has 0 bridgehead atoms. The minimum atomic E-state index is -0.845. The number of carboxylic acid groups (broad SMARTS) is 1. The largest absolute Gasteiger partial charge is 0.480 e. The molecule has 3 atom stereocenters. The van der Waals surface area contributed by atoms with E-state index in [-0.39, 0.29) is 11.8 Å². The third-order valence-corrected chi connectivity index (χ3v) is 5.57. The Balaban J connectivity index is 1.65. The van der Waals surface area contributed by atoms with E-state index in [0.29, 0.717) is 18.2 Å². The van der Waals surface area contributed by atoms with Crippen LogP contribution >= 0.6 is 11.8 Å². The zero-order valence-electron chi connectivity index (χ0n) is 11.8. The van der Waals surface area contributed by atoms with E-state index in [1.54, 1.807) is 4.90 Å². The van der Waals surface area contributed by atoms with Crippen LogP contribution in [-0.2, 0) is 9.59 Å². The van der Waals surface area contributed by atoms with Crippen LogP contribution in [0.1, 0.15) is 19.3 Å². The van der Waals surface area contributed by atoms with Gasteiger partial charge in [0.1, 0.15) is 6.04 Å². The van der Waals surface area contributed by atoms with Crippen LogP contribution in [0.25, 0.3) is 0 Å². The molecule has 21 heavy (non-hydrogen) atoms. The number of aliphatic carboxylic acids is 1. The van der Waals surface area contributed by atoms with Gasteiger partial charge in [-0.1, -0.05) is 24.6 Å². The summed E-state index contributed by atoms with van der Waals surface area (Å²) >= 11 is 1.47. The summed E-state index contributed by atoms with van der Waals surface area (Å²) in [7, 11) is 0. The first-order valence-electron chi connectivity index (χ1n) is 7.37. The van der Waals surface area contributed by atoms with Gasteiger partial charge in [-0.15, -0.1) is 11.8 Å². The highest BCUT2D eigenvalue weighted by molar-refractivity contribution is 8.00. The number of rotatable bonds is 4. The summed E-state index contributed by atoms with van der Waals surface area (Å²) < 4.78 is 0. The first-order chi connectivity index (χ1) is 10.2. The summed E-state index contributed by atoms with van der Waals surface area (Å²) in [6.45, 7) is 0.621. The molecule has 1 aliphatic heterocycles. The summed E-state index contributed by atoms with van der Waals surface area (Å²) in [6, 6.07) is 9.13. The Morgan fingerprint density at radius 3 is 2.71 bits per heavy atom. The maximum atomic E-state index is 12.4. The Bertz CT molecular complexity index is 534. The van der Waals surface area contributed by atoms with Crippen LogP contribution < -0.4 is 0 Å². The van der Waals surface area contributed by atoms with E-state index >= 15 is 0 Å². The van der Waals surface area contributed by atoms with Crippen LogP contribution in [0.5, 0.6) is 0 Å². The maximum Gasteiger partial charge on any atom is 0.326 e. The van der Waals surface area contributed by atoms with Gasteiger partial charge in [0.25, 0.3) is 0 Å². The highest BCUT2D eigenvalue weighted by Crippen LogP contribution is 2.42. The molecule has 1 aliphatic carbocycles. The zero-order chi connectivity index (χ0) is 14.8. The van der Waals surface area contributed by atoms with Gasteiger partial charge in [0.05, 0.1) is 5.75 Å². The second kappa shape index (κ2) is 6.10. The van der Waals surface area contributed by atoms with Gasteiger partial charge < -0.3 is 10.0 Å². The summed E-state index contributed by atoms with van der Waals surface area (Å²) in [4.78, 5) is 26.6. The van der Waals surface area contributed by atoms with Gasteiger partial charge in [-0.2, -0.15) is 0 Å².